The van der Waals surface area contributed by atoms with Gasteiger partial charge < -0.3 is 44.4 Å². The Labute approximate surface area is 323 Å². The lowest BCUT2D eigenvalue weighted by Gasteiger charge is -2.33. The molecule has 0 aliphatic heterocycles. The summed E-state index contributed by atoms with van der Waals surface area (Å²) in [5.41, 5.74) is 4.83. The van der Waals surface area contributed by atoms with E-state index in [0.717, 1.165) is 12.8 Å². The molecule has 0 spiro atoms. The summed E-state index contributed by atoms with van der Waals surface area (Å²) in [4.78, 5) is 73.8. The quantitative estimate of drug-likeness (QED) is 0.0863. The fraction of sp³-hybridized carbons (Fsp3) is 0.846. The molecule has 0 aromatic carbocycles. The van der Waals surface area contributed by atoms with E-state index in [-0.39, 0.29) is 80.6 Å². The second-order valence-electron chi connectivity index (χ2n) is 13.8. The molecule has 0 saturated heterocycles. The number of ether oxygens (including phenoxy) is 6. The summed E-state index contributed by atoms with van der Waals surface area (Å²) in [7, 11) is 0. The van der Waals surface area contributed by atoms with Gasteiger partial charge in [0.05, 0.1) is 39.6 Å². The third-order valence-electron chi connectivity index (χ3n) is 8.16. The van der Waals surface area contributed by atoms with E-state index in [9.17, 15) is 28.8 Å². The molecule has 0 fully saturated rings. The molecular formula is C39H71N3O12. The zero-order chi connectivity index (χ0) is 40.3. The average Bonchev–Trinajstić information content (AvgIpc) is 3.12. The van der Waals surface area contributed by atoms with Gasteiger partial charge in [0.15, 0.2) is 0 Å². The van der Waals surface area contributed by atoms with Crippen molar-refractivity contribution in [3.05, 3.63) is 0 Å². The van der Waals surface area contributed by atoms with Crippen molar-refractivity contribution in [1.82, 2.24) is 10.2 Å². The number of carbonyl (C=O) groups excluding carboxylic acids is 6. The Balaban J connectivity index is 5.40. The van der Waals surface area contributed by atoms with E-state index in [1.807, 2.05) is 6.92 Å². The molecule has 0 unspecified atom stereocenters. The van der Waals surface area contributed by atoms with Crippen LogP contribution < -0.4 is 11.1 Å². The fourth-order valence-electron chi connectivity index (χ4n) is 5.07. The van der Waals surface area contributed by atoms with E-state index in [0.29, 0.717) is 124 Å². The first kappa shape index (κ1) is 51.3. The normalized spacial score (nSPS) is 11.4. The highest BCUT2D eigenvalue weighted by atomic mass is 16.5. The second kappa shape index (κ2) is 34.8. The van der Waals surface area contributed by atoms with Gasteiger partial charge in [0.2, 0.25) is 11.8 Å². The maximum absolute atomic E-state index is 13.5. The highest BCUT2D eigenvalue weighted by molar-refractivity contribution is 5.85. The molecule has 0 heterocycles. The van der Waals surface area contributed by atoms with Gasteiger partial charge in [-0.1, -0.05) is 13.3 Å². The van der Waals surface area contributed by atoms with E-state index >= 15 is 0 Å². The first-order valence-corrected chi connectivity index (χ1v) is 19.7. The van der Waals surface area contributed by atoms with Crippen molar-refractivity contribution >= 4 is 34.9 Å². The second-order valence-corrected chi connectivity index (χ2v) is 13.8. The molecule has 0 aliphatic carbocycles. The van der Waals surface area contributed by atoms with Crippen LogP contribution in [0, 0.1) is 5.41 Å². The molecule has 0 rings (SSSR count). The van der Waals surface area contributed by atoms with Gasteiger partial charge in [-0.25, -0.2) is 0 Å². The first-order valence-electron chi connectivity index (χ1n) is 19.7. The Bertz CT molecular complexity index is 968. The van der Waals surface area contributed by atoms with Crippen LogP contribution in [0.3, 0.4) is 0 Å². The largest absolute Gasteiger partial charge is 0.381 e. The van der Waals surface area contributed by atoms with Crippen molar-refractivity contribution in [2.45, 2.75) is 105 Å². The van der Waals surface area contributed by atoms with Crippen LogP contribution in [-0.4, -0.2) is 145 Å². The monoisotopic (exact) mass is 774 g/mol. The van der Waals surface area contributed by atoms with Crippen molar-refractivity contribution in [2.75, 3.05) is 105 Å². The molecule has 54 heavy (non-hydrogen) atoms. The van der Waals surface area contributed by atoms with Crippen LogP contribution in [0.15, 0.2) is 0 Å². The lowest BCUT2D eigenvalue weighted by molar-refractivity contribution is -0.132. The number of carbonyl (C=O) groups is 6. The smallest absolute Gasteiger partial charge is 0.222 e. The van der Waals surface area contributed by atoms with E-state index in [1.54, 1.807) is 4.90 Å². The molecule has 0 radical (unpaired) electrons. The minimum absolute atomic E-state index is 0.00744. The number of hydrogen-bond acceptors (Lipinski definition) is 13. The molecule has 314 valence electrons. The molecule has 3 N–H and O–H groups in total. The standard InChI is InChI=1S/C39H71N3O12/c1-5-6-10-38(48)42(18-16-40)19-17-41-37(47)12-11-36(46)29-39(30-52-23-7-20-49-26-13-33(2)43,31-53-24-8-21-50-27-14-34(3)44)32-54-25-9-22-51-28-15-35(4)45/h5-32,40H2,1-4H3,(H,41,47). The van der Waals surface area contributed by atoms with Crippen LogP contribution in [0.4, 0.5) is 0 Å². The summed E-state index contributed by atoms with van der Waals surface area (Å²) < 4.78 is 34.7. The third kappa shape index (κ3) is 31.7. The zero-order valence-electron chi connectivity index (χ0n) is 33.7. The van der Waals surface area contributed by atoms with Gasteiger partial charge in [-0.2, -0.15) is 0 Å². The number of hydrogen-bond donors (Lipinski definition) is 2. The molecule has 2 amide bonds. The molecule has 0 atom stereocenters. The van der Waals surface area contributed by atoms with E-state index in [2.05, 4.69) is 5.32 Å². The lowest BCUT2D eigenvalue weighted by Crippen LogP contribution is -2.41. The van der Waals surface area contributed by atoms with Crippen LogP contribution in [0.2, 0.25) is 0 Å². The van der Waals surface area contributed by atoms with Crippen molar-refractivity contribution in [2.24, 2.45) is 11.1 Å². The van der Waals surface area contributed by atoms with Gasteiger partial charge in [-0.15, -0.1) is 0 Å². The molecule has 15 nitrogen and oxygen atoms in total. The number of Topliss-reactive ketones (excluding diaryl/α,β-unsaturated/α-hetero) is 4. The van der Waals surface area contributed by atoms with Crippen molar-refractivity contribution < 1.29 is 57.2 Å². The minimum atomic E-state index is -0.852. The Kier molecular flexibility index (Phi) is 33.1. The van der Waals surface area contributed by atoms with Crippen molar-refractivity contribution in [3.63, 3.8) is 0 Å². The van der Waals surface area contributed by atoms with Crippen LogP contribution in [0.25, 0.3) is 0 Å². The van der Waals surface area contributed by atoms with Gasteiger partial charge in [-0.3, -0.25) is 28.8 Å². The first-order chi connectivity index (χ1) is 25.9. The summed E-state index contributed by atoms with van der Waals surface area (Å²) in [5, 5.41) is 2.82. The Morgan fingerprint density at radius 3 is 1.41 bits per heavy atom. The molecule has 0 aliphatic rings. The number of rotatable bonds is 40. The van der Waals surface area contributed by atoms with Crippen molar-refractivity contribution in [3.8, 4) is 0 Å². The Hall–Kier alpha value is -2.66. The van der Waals surface area contributed by atoms with E-state index in [4.69, 9.17) is 34.2 Å². The maximum Gasteiger partial charge on any atom is 0.222 e. The zero-order valence-corrected chi connectivity index (χ0v) is 33.7. The lowest BCUT2D eigenvalue weighted by atomic mass is 9.84. The summed E-state index contributed by atoms with van der Waals surface area (Å²) in [6, 6.07) is 0. The highest BCUT2D eigenvalue weighted by Crippen LogP contribution is 2.26. The number of amides is 2. The fourth-order valence-corrected chi connectivity index (χ4v) is 5.07. The van der Waals surface area contributed by atoms with E-state index in [1.165, 1.54) is 20.8 Å². The number of nitrogens with one attached hydrogen (secondary N) is 1. The summed E-state index contributed by atoms with van der Waals surface area (Å²) in [5.74, 6) is -0.235. The van der Waals surface area contributed by atoms with Crippen LogP contribution in [-0.2, 0) is 57.2 Å². The predicted octanol–water partition coefficient (Wildman–Crippen LogP) is 3.01. The molecule has 15 heteroatoms. The summed E-state index contributed by atoms with van der Waals surface area (Å²) >= 11 is 0. The molecular weight excluding hydrogens is 702 g/mol. The van der Waals surface area contributed by atoms with Crippen LogP contribution in [0.1, 0.15) is 105 Å². The van der Waals surface area contributed by atoms with Crippen molar-refractivity contribution in [1.29, 1.82) is 0 Å². The molecule has 0 saturated carbocycles. The number of nitrogens with two attached hydrogens (primary N) is 1. The number of ketones is 4. The topological polar surface area (TPSA) is 199 Å². The van der Waals surface area contributed by atoms with Gasteiger partial charge in [0.1, 0.15) is 23.1 Å². The van der Waals surface area contributed by atoms with Gasteiger partial charge in [0.25, 0.3) is 0 Å². The molecule has 0 bridgehead atoms. The Morgan fingerprint density at radius 2 is 1.00 bits per heavy atom. The molecule has 0 aromatic rings. The number of nitrogens with zero attached hydrogens (tertiary/aromatic N) is 1. The van der Waals surface area contributed by atoms with Crippen LogP contribution in [0.5, 0.6) is 0 Å². The maximum atomic E-state index is 13.5. The summed E-state index contributed by atoms with van der Waals surface area (Å²) in [6.07, 6.45) is 5.03. The van der Waals surface area contributed by atoms with Crippen LogP contribution >= 0.6 is 0 Å². The van der Waals surface area contributed by atoms with E-state index < -0.39 is 5.41 Å². The summed E-state index contributed by atoms with van der Waals surface area (Å²) in [6.45, 7) is 11.8. The SMILES string of the molecule is CCCCC(=O)N(CCN)CCNC(=O)CCC(=O)CC(COCCCOCCC(C)=O)(COCCCOCCC(C)=O)COCCCOCCC(C)=O. The number of unbranched alkanes of at least 4 members (excludes halogenated alkanes) is 1. The van der Waals surface area contributed by atoms with Gasteiger partial charge >= 0.3 is 0 Å². The average molecular weight is 774 g/mol. The highest BCUT2D eigenvalue weighted by Gasteiger charge is 2.34. The Morgan fingerprint density at radius 1 is 0.556 bits per heavy atom. The van der Waals surface area contributed by atoms with Gasteiger partial charge in [-0.05, 0) is 46.5 Å². The van der Waals surface area contributed by atoms with Gasteiger partial charge in [0, 0.05) is 116 Å². The third-order valence-corrected chi connectivity index (χ3v) is 8.16. The minimum Gasteiger partial charge on any atom is -0.381 e. The molecule has 0 aromatic heterocycles. The predicted molar refractivity (Wildman–Crippen MR) is 204 cm³/mol.